The number of nitrogens with one attached hydrogen (secondary N) is 1. The Hall–Kier alpha value is -1.73. The van der Waals surface area contributed by atoms with E-state index in [1.54, 1.807) is 6.07 Å². The molecule has 1 heterocycles. The number of rotatable bonds is 4. The average molecular weight is 361 g/mol. The van der Waals surface area contributed by atoms with E-state index in [2.05, 4.69) is 26.2 Å². The molecular formula is C12H8BrClFN3O2. The summed E-state index contributed by atoms with van der Waals surface area (Å²) in [5.74, 6) is -0.350. The summed E-state index contributed by atoms with van der Waals surface area (Å²) in [7, 11) is 0. The number of aromatic nitrogens is 1. The highest BCUT2D eigenvalue weighted by Gasteiger charge is 2.15. The molecule has 0 aliphatic carbocycles. The molecule has 5 nitrogen and oxygen atoms in total. The Kier molecular flexibility index (Phi) is 4.51. The molecule has 0 bridgehead atoms. The molecule has 0 radical (unpaired) electrons. The van der Waals surface area contributed by atoms with Gasteiger partial charge in [-0.2, -0.15) is 0 Å². The van der Waals surface area contributed by atoms with Crippen LogP contribution >= 0.6 is 27.5 Å². The Morgan fingerprint density at radius 3 is 2.85 bits per heavy atom. The normalized spacial score (nSPS) is 10.3. The molecule has 1 N–H and O–H groups in total. The molecule has 1 aromatic carbocycles. The van der Waals surface area contributed by atoms with Crippen molar-refractivity contribution in [2.75, 3.05) is 5.32 Å². The van der Waals surface area contributed by atoms with Crippen LogP contribution in [0.15, 0.2) is 34.8 Å². The topological polar surface area (TPSA) is 68.1 Å². The Balaban J connectivity index is 2.24. The Bertz CT molecular complexity index is 669. The van der Waals surface area contributed by atoms with Crippen LogP contribution in [0.3, 0.4) is 0 Å². The van der Waals surface area contributed by atoms with Crippen molar-refractivity contribution in [1.29, 1.82) is 0 Å². The highest BCUT2D eigenvalue weighted by atomic mass is 79.9. The average Bonchev–Trinajstić information content (AvgIpc) is 2.39. The third kappa shape index (κ3) is 3.43. The summed E-state index contributed by atoms with van der Waals surface area (Å²) in [6.07, 6.45) is 0. The van der Waals surface area contributed by atoms with Gasteiger partial charge >= 0.3 is 5.69 Å². The summed E-state index contributed by atoms with van der Waals surface area (Å²) >= 11 is 9.00. The molecule has 20 heavy (non-hydrogen) atoms. The summed E-state index contributed by atoms with van der Waals surface area (Å²) in [5.41, 5.74) is 0.419. The maximum atomic E-state index is 13.2. The predicted octanol–water partition coefficient (Wildman–Crippen LogP) is 4.16. The number of pyridine rings is 1. The van der Waals surface area contributed by atoms with Crippen molar-refractivity contribution >= 4 is 39.0 Å². The van der Waals surface area contributed by atoms with Crippen molar-refractivity contribution in [3.05, 3.63) is 61.5 Å². The molecule has 8 heteroatoms. The smallest absolute Gasteiger partial charge is 0.311 e. The van der Waals surface area contributed by atoms with Gasteiger partial charge in [-0.15, -0.1) is 0 Å². The molecule has 2 rings (SSSR count). The van der Waals surface area contributed by atoms with Crippen molar-refractivity contribution < 1.29 is 9.31 Å². The second-order valence-electron chi connectivity index (χ2n) is 3.85. The number of hydrogen-bond acceptors (Lipinski definition) is 4. The minimum absolute atomic E-state index is 0.0404. The fraction of sp³-hybridized carbons (Fsp3) is 0.0833. The Morgan fingerprint density at radius 1 is 1.40 bits per heavy atom. The van der Waals surface area contributed by atoms with Crippen LogP contribution in [0.1, 0.15) is 5.56 Å². The van der Waals surface area contributed by atoms with Crippen molar-refractivity contribution in [3.8, 4) is 0 Å². The number of nitrogens with zero attached hydrogens (tertiary/aromatic N) is 2. The van der Waals surface area contributed by atoms with E-state index in [4.69, 9.17) is 11.6 Å². The lowest BCUT2D eigenvalue weighted by molar-refractivity contribution is -0.384. The number of hydrogen-bond donors (Lipinski definition) is 1. The predicted molar refractivity (Wildman–Crippen MR) is 77.3 cm³/mol. The summed E-state index contributed by atoms with van der Waals surface area (Å²) < 4.78 is 13.8. The van der Waals surface area contributed by atoms with E-state index in [-0.39, 0.29) is 23.2 Å². The van der Waals surface area contributed by atoms with Gasteiger partial charge in [-0.05, 0) is 29.8 Å². The third-order valence-corrected chi connectivity index (χ3v) is 3.47. The molecule has 0 aliphatic rings. The lowest BCUT2D eigenvalue weighted by Gasteiger charge is -2.08. The van der Waals surface area contributed by atoms with Crippen LogP contribution in [0.5, 0.6) is 0 Å². The second-order valence-corrected chi connectivity index (χ2v) is 5.09. The van der Waals surface area contributed by atoms with Crippen molar-refractivity contribution in [1.82, 2.24) is 4.98 Å². The van der Waals surface area contributed by atoms with E-state index in [0.29, 0.717) is 10.0 Å². The first-order valence-electron chi connectivity index (χ1n) is 5.46. The molecule has 1 aromatic heterocycles. The summed E-state index contributed by atoms with van der Waals surface area (Å²) in [5, 5.41) is 13.8. The van der Waals surface area contributed by atoms with Crippen LogP contribution in [-0.4, -0.2) is 9.91 Å². The lowest BCUT2D eigenvalue weighted by Crippen LogP contribution is -2.05. The van der Waals surface area contributed by atoms with Crippen LogP contribution in [-0.2, 0) is 6.54 Å². The molecule has 0 fully saturated rings. The summed E-state index contributed by atoms with van der Waals surface area (Å²) in [6.45, 7) is 0.173. The van der Waals surface area contributed by atoms with Crippen LogP contribution in [0, 0.1) is 15.9 Å². The molecule has 0 amide bonds. The van der Waals surface area contributed by atoms with Gasteiger partial charge in [-0.3, -0.25) is 10.1 Å². The monoisotopic (exact) mass is 359 g/mol. The molecule has 0 spiro atoms. The molecule has 104 valence electrons. The molecule has 0 atom stereocenters. The van der Waals surface area contributed by atoms with Crippen LogP contribution in [0.2, 0.25) is 5.15 Å². The highest BCUT2D eigenvalue weighted by molar-refractivity contribution is 9.10. The maximum Gasteiger partial charge on any atom is 0.311 e. The number of anilines is 1. The fourth-order valence-corrected chi connectivity index (χ4v) is 2.10. The zero-order valence-corrected chi connectivity index (χ0v) is 12.3. The Labute approximate surface area is 127 Å². The van der Waals surface area contributed by atoms with E-state index in [0.717, 1.165) is 0 Å². The van der Waals surface area contributed by atoms with E-state index in [1.165, 1.54) is 24.3 Å². The van der Waals surface area contributed by atoms with E-state index < -0.39 is 10.7 Å². The van der Waals surface area contributed by atoms with Gasteiger partial charge in [0, 0.05) is 17.1 Å². The standard InChI is InChI=1S/C12H8BrClFN3O2/c13-9-2-1-8(15)5-7(9)6-16-12-10(18(19)20)3-4-11(14)17-12/h1-5H,6H2,(H,16,17). The third-order valence-electron chi connectivity index (χ3n) is 2.49. The van der Waals surface area contributed by atoms with Gasteiger partial charge < -0.3 is 5.32 Å². The van der Waals surface area contributed by atoms with Crippen molar-refractivity contribution in [3.63, 3.8) is 0 Å². The van der Waals surface area contributed by atoms with Gasteiger partial charge in [0.1, 0.15) is 11.0 Å². The SMILES string of the molecule is O=[N+]([O-])c1ccc(Cl)nc1NCc1cc(F)ccc1Br. The quantitative estimate of drug-likeness (QED) is 0.505. The zero-order chi connectivity index (χ0) is 14.7. The van der Waals surface area contributed by atoms with Gasteiger partial charge in [0.25, 0.3) is 0 Å². The fourth-order valence-electron chi connectivity index (χ4n) is 1.56. The maximum absolute atomic E-state index is 13.2. The first-order valence-corrected chi connectivity index (χ1v) is 6.63. The van der Waals surface area contributed by atoms with E-state index in [9.17, 15) is 14.5 Å². The molecule has 0 aliphatic heterocycles. The van der Waals surface area contributed by atoms with Gasteiger partial charge in [0.2, 0.25) is 5.82 Å². The van der Waals surface area contributed by atoms with Gasteiger partial charge in [-0.25, -0.2) is 9.37 Å². The first kappa shape index (κ1) is 14.7. The lowest BCUT2D eigenvalue weighted by atomic mass is 10.2. The second kappa shape index (κ2) is 6.15. The van der Waals surface area contributed by atoms with Gasteiger partial charge in [-0.1, -0.05) is 27.5 Å². The van der Waals surface area contributed by atoms with Crippen LogP contribution in [0.4, 0.5) is 15.9 Å². The van der Waals surface area contributed by atoms with Crippen molar-refractivity contribution in [2.24, 2.45) is 0 Å². The molecule has 0 unspecified atom stereocenters. The van der Waals surface area contributed by atoms with E-state index >= 15 is 0 Å². The highest BCUT2D eigenvalue weighted by Crippen LogP contribution is 2.25. The zero-order valence-electron chi connectivity index (χ0n) is 9.94. The molecule has 0 saturated heterocycles. The minimum Gasteiger partial charge on any atom is -0.360 e. The molecule has 2 aromatic rings. The largest absolute Gasteiger partial charge is 0.360 e. The minimum atomic E-state index is -0.563. The molecular weight excluding hydrogens is 353 g/mol. The summed E-state index contributed by atoms with van der Waals surface area (Å²) in [6, 6.07) is 6.80. The number of nitro groups is 1. The molecule has 0 saturated carbocycles. The van der Waals surface area contributed by atoms with Crippen LogP contribution < -0.4 is 5.32 Å². The summed E-state index contributed by atoms with van der Waals surface area (Å²) in [4.78, 5) is 14.2. The number of halogens is 3. The van der Waals surface area contributed by atoms with Gasteiger partial charge in [0.05, 0.1) is 4.92 Å². The van der Waals surface area contributed by atoms with Crippen LogP contribution in [0.25, 0.3) is 0 Å². The Morgan fingerprint density at radius 2 is 2.15 bits per heavy atom. The van der Waals surface area contributed by atoms with Crippen molar-refractivity contribution in [2.45, 2.75) is 6.54 Å². The van der Waals surface area contributed by atoms with Gasteiger partial charge in [0.15, 0.2) is 0 Å². The first-order chi connectivity index (χ1) is 9.47. The van der Waals surface area contributed by atoms with E-state index in [1.807, 2.05) is 0 Å². The number of benzene rings is 1.